The molecule has 1 aliphatic heterocycles. The second-order valence-corrected chi connectivity index (χ2v) is 23.0. The quantitative estimate of drug-likeness (QED) is 0.166. The van der Waals surface area contributed by atoms with E-state index in [1.807, 2.05) is 11.3 Å². The van der Waals surface area contributed by atoms with Crippen molar-refractivity contribution in [1.29, 1.82) is 0 Å². The number of rotatable bonds is 2. The lowest BCUT2D eigenvalue weighted by atomic mass is 9.43. The summed E-state index contributed by atoms with van der Waals surface area (Å²) in [6.45, 7) is 5.28. The maximum atomic E-state index is 5.48. The van der Waals surface area contributed by atoms with Crippen molar-refractivity contribution in [2.45, 2.75) is 50.6 Å². The third-order valence-corrected chi connectivity index (χ3v) is 19.5. The van der Waals surface area contributed by atoms with Crippen LogP contribution >= 0.6 is 11.3 Å². The molecule has 4 saturated carbocycles. The molecule has 4 bridgehead atoms. The topological polar surface area (TPSA) is 25.8 Å². The van der Waals surface area contributed by atoms with Gasteiger partial charge in [-0.2, -0.15) is 0 Å². The number of aromatic nitrogens is 2. The third-order valence-electron chi connectivity index (χ3n) is 14.8. The zero-order valence-electron chi connectivity index (χ0n) is 30.7. The smallest absolute Gasteiger partial charge is 0.160 e. The van der Waals surface area contributed by atoms with Gasteiger partial charge in [0.05, 0.1) is 15.9 Å². The van der Waals surface area contributed by atoms with Crippen molar-refractivity contribution in [3.63, 3.8) is 0 Å². The Hall–Kier alpha value is -4.90. The maximum Gasteiger partial charge on any atom is 0.160 e. The highest BCUT2D eigenvalue weighted by atomic mass is 32.1. The summed E-state index contributed by atoms with van der Waals surface area (Å²) in [4.78, 5) is 10.9. The molecule has 0 amide bonds. The molecule has 5 aliphatic carbocycles. The van der Waals surface area contributed by atoms with Crippen molar-refractivity contribution in [3.05, 3.63) is 132 Å². The Bertz CT molecular complexity index is 2910. The molecule has 8 aromatic rings. The molecule has 1 spiro atoms. The molecule has 2 aromatic heterocycles. The average molecular weight is 729 g/mol. The number of hydrogen-bond donors (Lipinski definition) is 0. The van der Waals surface area contributed by atoms with Gasteiger partial charge in [-0.25, -0.2) is 9.97 Å². The van der Waals surface area contributed by atoms with Gasteiger partial charge in [-0.1, -0.05) is 122 Å². The molecule has 3 heterocycles. The Labute approximate surface area is 321 Å². The average Bonchev–Trinajstić information content (AvgIpc) is 3.80. The third kappa shape index (κ3) is 3.72. The Morgan fingerprint density at radius 3 is 2.09 bits per heavy atom. The van der Waals surface area contributed by atoms with Crippen molar-refractivity contribution < 1.29 is 0 Å². The highest BCUT2D eigenvalue weighted by Gasteiger charge is 2.62. The molecule has 260 valence electrons. The van der Waals surface area contributed by atoms with E-state index in [0.717, 1.165) is 40.0 Å². The van der Waals surface area contributed by atoms with Gasteiger partial charge in [0.15, 0.2) is 5.82 Å². The zero-order valence-corrected chi connectivity index (χ0v) is 32.5. The first-order valence-corrected chi connectivity index (χ1v) is 23.9. The fourth-order valence-electron chi connectivity index (χ4n) is 13.1. The van der Waals surface area contributed by atoms with Crippen LogP contribution in [0.4, 0.5) is 0 Å². The van der Waals surface area contributed by atoms with E-state index in [4.69, 9.17) is 9.97 Å². The van der Waals surface area contributed by atoms with Gasteiger partial charge >= 0.3 is 0 Å². The molecule has 0 unspecified atom stereocenters. The molecule has 4 fully saturated rings. The second kappa shape index (κ2) is 10.4. The highest BCUT2D eigenvalue weighted by molar-refractivity contribution is 7.26. The standard InChI is InChI=1S/C50H40N2SSi/c1-54(2)47-35-13-7-6-10-30(35)16-18-36(47)37-20-21-40-43(48(37)54)38-19-17-32(27-41(38)50(40)33-23-28-22-29(25-33)26-34(50)24-28)49-51-44(31-11-4-3-5-12-31)46-45(52-49)39-14-8-9-15-42(39)53-46/h3-21,27-29,33-34H,22-26H2,1-2H3. The van der Waals surface area contributed by atoms with Crippen LogP contribution in [0.3, 0.4) is 0 Å². The van der Waals surface area contributed by atoms with Gasteiger partial charge in [-0.15, -0.1) is 11.3 Å². The van der Waals surface area contributed by atoms with E-state index < -0.39 is 8.07 Å². The molecule has 54 heavy (non-hydrogen) atoms. The Balaban J connectivity index is 1.08. The minimum atomic E-state index is -2.09. The van der Waals surface area contributed by atoms with Crippen molar-refractivity contribution in [1.82, 2.24) is 9.97 Å². The lowest BCUT2D eigenvalue weighted by Crippen LogP contribution is -2.55. The first kappa shape index (κ1) is 30.4. The van der Waals surface area contributed by atoms with E-state index in [1.54, 1.807) is 27.1 Å². The normalized spacial score (nSPS) is 25.1. The van der Waals surface area contributed by atoms with E-state index in [0.29, 0.717) is 11.8 Å². The molecular formula is C50H40N2SSi. The lowest BCUT2D eigenvalue weighted by Gasteiger charge is -2.61. The van der Waals surface area contributed by atoms with Crippen LogP contribution in [0.15, 0.2) is 121 Å². The number of benzene rings is 6. The van der Waals surface area contributed by atoms with Crippen LogP contribution in [0.25, 0.3) is 76.0 Å². The van der Waals surface area contributed by atoms with Gasteiger partial charge in [-0.3, -0.25) is 0 Å². The van der Waals surface area contributed by atoms with Crippen LogP contribution in [0.2, 0.25) is 13.1 Å². The molecule has 2 nitrogen and oxygen atoms in total. The lowest BCUT2D eigenvalue weighted by molar-refractivity contribution is -0.0399. The zero-order chi connectivity index (χ0) is 35.5. The molecule has 0 radical (unpaired) electrons. The van der Waals surface area contributed by atoms with E-state index in [2.05, 4.69) is 134 Å². The van der Waals surface area contributed by atoms with Crippen LogP contribution in [0, 0.1) is 23.7 Å². The van der Waals surface area contributed by atoms with Gasteiger partial charge in [-0.05, 0) is 122 Å². The monoisotopic (exact) mass is 728 g/mol. The number of fused-ring (bicyclic) bond motifs is 12. The van der Waals surface area contributed by atoms with Crippen LogP contribution in [0.1, 0.15) is 43.2 Å². The minimum Gasteiger partial charge on any atom is -0.226 e. The number of hydrogen-bond acceptors (Lipinski definition) is 3. The summed E-state index contributed by atoms with van der Waals surface area (Å²) in [6.07, 6.45) is 6.96. The van der Waals surface area contributed by atoms with Crippen molar-refractivity contribution in [3.8, 4) is 44.9 Å². The summed E-state index contributed by atoms with van der Waals surface area (Å²) in [7, 11) is -2.09. The second-order valence-electron chi connectivity index (χ2n) is 17.7. The molecule has 0 N–H and O–H groups in total. The molecule has 14 rings (SSSR count). The van der Waals surface area contributed by atoms with Gasteiger partial charge in [0, 0.05) is 26.6 Å². The van der Waals surface area contributed by atoms with E-state index in [1.165, 1.54) is 74.4 Å². The van der Waals surface area contributed by atoms with Crippen LogP contribution in [0.5, 0.6) is 0 Å². The summed E-state index contributed by atoms with van der Waals surface area (Å²) in [5.74, 6) is 4.04. The Morgan fingerprint density at radius 2 is 1.28 bits per heavy atom. The van der Waals surface area contributed by atoms with Crippen LogP contribution in [-0.2, 0) is 5.41 Å². The van der Waals surface area contributed by atoms with Gasteiger partial charge in [0.25, 0.3) is 0 Å². The van der Waals surface area contributed by atoms with Crippen molar-refractivity contribution in [2.24, 2.45) is 23.7 Å². The predicted molar refractivity (Wildman–Crippen MR) is 229 cm³/mol. The maximum absolute atomic E-state index is 5.48. The molecule has 6 aliphatic rings. The Kier molecular flexibility index (Phi) is 5.88. The number of nitrogens with zero attached hydrogens (tertiary/aromatic N) is 2. The minimum absolute atomic E-state index is 0.0614. The SMILES string of the molecule is C[Si]1(C)c2c(ccc3c2-c2ccc(-c4nc(-c5ccccc5)c5sc6ccccc6c5n4)cc2C32C3CC4CC(C3)CC2C4)-c2ccc3ccccc3c21. The summed E-state index contributed by atoms with van der Waals surface area (Å²) < 4.78 is 2.44. The summed E-state index contributed by atoms with van der Waals surface area (Å²) >= 11 is 1.82. The summed E-state index contributed by atoms with van der Waals surface area (Å²) in [5, 5.41) is 7.36. The van der Waals surface area contributed by atoms with Crippen LogP contribution < -0.4 is 10.4 Å². The molecule has 4 heteroatoms. The van der Waals surface area contributed by atoms with Crippen LogP contribution in [-0.4, -0.2) is 18.0 Å². The summed E-state index contributed by atoms with van der Waals surface area (Å²) in [6, 6.07) is 46.1. The first-order valence-electron chi connectivity index (χ1n) is 20.1. The van der Waals surface area contributed by atoms with Crippen molar-refractivity contribution in [2.75, 3.05) is 0 Å². The fourth-order valence-corrected chi connectivity index (χ4v) is 18.1. The molecular weight excluding hydrogens is 689 g/mol. The van der Waals surface area contributed by atoms with E-state index in [9.17, 15) is 0 Å². The predicted octanol–water partition coefficient (Wildman–Crippen LogP) is 11.9. The Morgan fingerprint density at radius 1 is 0.593 bits per heavy atom. The van der Waals surface area contributed by atoms with Gasteiger partial charge in [0.2, 0.25) is 0 Å². The fraction of sp³-hybridized carbons (Fsp3) is 0.240. The molecule has 6 aromatic carbocycles. The number of thiophene rings is 1. The van der Waals surface area contributed by atoms with E-state index >= 15 is 0 Å². The molecule has 0 saturated heterocycles. The van der Waals surface area contributed by atoms with Crippen molar-refractivity contribution >= 4 is 60.9 Å². The van der Waals surface area contributed by atoms with Gasteiger partial charge in [0.1, 0.15) is 8.07 Å². The first-order chi connectivity index (χ1) is 26.5. The van der Waals surface area contributed by atoms with Gasteiger partial charge < -0.3 is 0 Å². The largest absolute Gasteiger partial charge is 0.226 e. The summed E-state index contributed by atoms with van der Waals surface area (Å²) in [5.41, 5.74) is 13.8. The van der Waals surface area contributed by atoms with E-state index in [-0.39, 0.29) is 5.41 Å². The highest BCUT2D eigenvalue weighted by Crippen LogP contribution is 2.69. The molecule has 0 atom stereocenters.